The smallest absolute Gasteiger partial charge is 0.310 e. The van der Waals surface area contributed by atoms with Gasteiger partial charge in [-0.15, -0.1) is 0 Å². The maximum atomic E-state index is 12.9. The topological polar surface area (TPSA) is 63.9 Å². The van der Waals surface area contributed by atoms with Gasteiger partial charge in [-0.1, -0.05) is 6.92 Å². The van der Waals surface area contributed by atoms with Crippen molar-refractivity contribution in [2.24, 2.45) is 0 Å². The van der Waals surface area contributed by atoms with Crippen molar-refractivity contribution in [3.8, 4) is 17.0 Å². The van der Waals surface area contributed by atoms with Gasteiger partial charge in [0.2, 0.25) is 0 Å². The molecule has 6 nitrogen and oxygen atoms in total. The number of imidazole rings is 1. The minimum Gasteiger partial charge on any atom is -0.427 e. The number of hydrogen-bond acceptors (Lipinski definition) is 4. The number of amides is 1. The summed E-state index contributed by atoms with van der Waals surface area (Å²) >= 11 is 0. The van der Waals surface area contributed by atoms with Crippen LogP contribution in [0.3, 0.4) is 0 Å². The van der Waals surface area contributed by atoms with Gasteiger partial charge in [-0.3, -0.25) is 14.0 Å². The number of carbonyl (C=O) groups excluding carboxylic acids is 2. The molecule has 0 radical (unpaired) electrons. The Balaban J connectivity index is 1.68. The molecular formula is C23H25N3O3. The van der Waals surface area contributed by atoms with E-state index in [0.717, 1.165) is 48.5 Å². The second-order valence-corrected chi connectivity index (χ2v) is 7.40. The second-order valence-electron chi connectivity index (χ2n) is 7.40. The van der Waals surface area contributed by atoms with Crippen LogP contribution in [0.1, 0.15) is 48.7 Å². The average Bonchev–Trinajstić information content (AvgIpc) is 3.09. The number of benzene rings is 1. The van der Waals surface area contributed by atoms with Crippen LogP contribution in [0.15, 0.2) is 42.6 Å². The molecule has 1 fully saturated rings. The number of carbonyl (C=O) groups is 2. The summed E-state index contributed by atoms with van der Waals surface area (Å²) in [7, 11) is 0. The van der Waals surface area contributed by atoms with Crippen LogP contribution in [-0.2, 0) is 4.79 Å². The number of nitrogens with zero attached hydrogens (tertiary/aromatic N) is 3. The highest BCUT2D eigenvalue weighted by atomic mass is 16.5. The molecule has 1 aromatic carbocycles. The quantitative estimate of drug-likeness (QED) is 0.493. The van der Waals surface area contributed by atoms with Gasteiger partial charge < -0.3 is 9.64 Å². The Hall–Kier alpha value is -3.15. The lowest BCUT2D eigenvalue weighted by atomic mass is 10.1. The molecule has 0 unspecified atom stereocenters. The molecule has 4 rings (SSSR count). The maximum absolute atomic E-state index is 12.9. The number of pyridine rings is 1. The van der Waals surface area contributed by atoms with Crippen molar-refractivity contribution in [3.05, 3.63) is 53.9 Å². The molecule has 0 bridgehead atoms. The van der Waals surface area contributed by atoms with E-state index >= 15 is 0 Å². The molecular weight excluding hydrogens is 366 g/mol. The molecule has 0 aliphatic carbocycles. The number of hydrogen-bond donors (Lipinski definition) is 0. The van der Waals surface area contributed by atoms with Crippen molar-refractivity contribution in [1.29, 1.82) is 0 Å². The number of aryl methyl sites for hydroxylation is 1. The third-order valence-electron chi connectivity index (χ3n) is 5.33. The van der Waals surface area contributed by atoms with E-state index in [0.29, 0.717) is 17.7 Å². The first-order valence-corrected chi connectivity index (χ1v) is 10.2. The molecule has 0 spiro atoms. The van der Waals surface area contributed by atoms with Gasteiger partial charge in [0.1, 0.15) is 11.4 Å². The lowest BCUT2D eigenvalue weighted by Gasteiger charge is -2.26. The molecule has 6 heteroatoms. The van der Waals surface area contributed by atoms with E-state index in [1.807, 2.05) is 46.7 Å². The van der Waals surface area contributed by atoms with E-state index in [2.05, 4.69) is 4.98 Å². The molecule has 1 amide bonds. The Labute approximate surface area is 170 Å². The third-order valence-corrected chi connectivity index (χ3v) is 5.33. The van der Waals surface area contributed by atoms with Crippen LogP contribution in [0.4, 0.5) is 0 Å². The molecule has 1 saturated heterocycles. The molecule has 1 aliphatic rings. The number of ether oxygens (including phenoxy) is 1. The summed E-state index contributed by atoms with van der Waals surface area (Å²) in [4.78, 5) is 31.0. The fraction of sp³-hybridized carbons (Fsp3) is 0.348. The van der Waals surface area contributed by atoms with Gasteiger partial charge in [0.15, 0.2) is 0 Å². The molecule has 3 aromatic rings. The lowest BCUT2D eigenvalue weighted by molar-refractivity contribution is -0.134. The van der Waals surface area contributed by atoms with E-state index in [1.54, 1.807) is 19.1 Å². The van der Waals surface area contributed by atoms with E-state index in [1.165, 1.54) is 6.42 Å². The Morgan fingerprint density at radius 3 is 2.45 bits per heavy atom. The predicted octanol–water partition coefficient (Wildman–Crippen LogP) is 4.25. The van der Waals surface area contributed by atoms with Gasteiger partial charge in [0.25, 0.3) is 5.91 Å². The van der Waals surface area contributed by atoms with Crippen molar-refractivity contribution >= 4 is 17.5 Å². The standard InChI is InChI=1S/C23H25N3O3/c1-3-21(27)29-19-10-7-17(8-11-19)22-16(2)24-20-12-9-18(15-26(20)22)23(28)25-13-5-4-6-14-25/h7-12,15H,3-6,13-14H2,1-2H3. The summed E-state index contributed by atoms with van der Waals surface area (Å²) in [6.07, 6.45) is 5.54. The van der Waals surface area contributed by atoms with E-state index in [4.69, 9.17) is 4.74 Å². The van der Waals surface area contributed by atoms with E-state index in [-0.39, 0.29) is 11.9 Å². The van der Waals surface area contributed by atoms with Crippen molar-refractivity contribution in [2.45, 2.75) is 39.5 Å². The summed E-state index contributed by atoms with van der Waals surface area (Å²) in [6, 6.07) is 11.1. The molecule has 0 atom stereocenters. The Morgan fingerprint density at radius 1 is 1.03 bits per heavy atom. The largest absolute Gasteiger partial charge is 0.427 e. The average molecular weight is 391 g/mol. The first-order chi connectivity index (χ1) is 14.1. The number of likely N-dealkylation sites (tertiary alicyclic amines) is 1. The second kappa shape index (κ2) is 8.07. The molecule has 2 aromatic heterocycles. The number of esters is 1. The zero-order chi connectivity index (χ0) is 20.4. The van der Waals surface area contributed by atoms with Crippen molar-refractivity contribution < 1.29 is 14.3 Å². The molecule has 150 valence electrons. The number of rotatable bonds is 4. The van der Waals surface area contributed by atoms with Crippen molar-refractivity contribution in [3.63, 3.8) is 0 Å². The van der Waals surface area contributed by atoms with Crippen LogP contribution in [0.5, 0.6) is 5.75 Å². The predicted molar refractivity (Wildman–Crippen MR) is 111 cm³/mol. The zero-order valence-corrected chi connectivity index (χ0v) is 16.9. The van der Waals surface area contributed by atoms with Crippen LogP contribution in [-0.4, -0.2) is 39.3 Å². The van der Waals surface area contributed by atoms with Crippen molar-refractivity contribution in [2.75, 3.05) is 13.1 Å². The summed E-state index contributed by atoms with van der Waals surface area (Å²) in [5.74, 6) is 0.336. The van der Waals surface area contributed by atoms with Crippen LogP contribution >= 0.6 is 0 Å². The normalized spacial score (nSPS) is 14.2. The molecule has 0 N–H and O–H groups in total. The van der Waals surface area contributed by atoms with Gasteiger partial charge >= 0.3 is 5.97 Å². The maximum Gasteiger partial charge on any atom is 0.310 e. The Bertz CT molecular complexity index is 1050. The minimum absolute atomic E-state index is 0.0747. The first-order valence-electron chi connectivity index (χ1n) is 10.2. The van der Waals surface area contributed by atoms with Gasteiger partial charge in [-0.25, -0.2) is 4.98 Å². The summed E-state index contributed by atoms with van der Waals surface area (Å²) in [5.41, 5.74) is 4.24. The van der Waals surface area contributed by atoms with E-state index in [9.17, 15) is 9.59 Å². The molecule has 29 heavy (non-hydrogen) atoms. The summed E-state index contributed by atoms with van der Waals surface area (Å²) in [5, 5.41) is 0. The van der Waals surface area contributed by atoms with Gasteiger partial charge in [-0.2, -0.15) is 0 Å². The fourth-order valence-corrected chi connectivity index (χ4v) is 3.80. The van der Waals surface area contributed by atoms with Crippen LogP contribution in [0.25, 0.3) is 16.9 Å². The Morgan fingerprint density at radius 2 is 1.76 bits per heavy atom. The summed E-state index contributed by atoms with van der Waals surface area (Å²) < 4.78 is 7.23. The highest BCUT2D eigenvalue weighted by Crippen LogP contribution is 2.27. The number of fused-ring (bicyclic) bond motifs is 1. The molecule has 1 aliphatic heterocycles. The minimum atomic E-state index is -0.260. The summed E-state index contributed by atoms with van der Waals surface area (Å²) in [6.45, 7) is 5.37. The first kappa shape index (κ1) is 19.2. The highest BCUT2D eigenvalue weighted by molar-refractivity contribution is 5.94. The third kappa shape index (κ3) is 3.88. The number of aromatic nitrogens is 2. The zero-order valence-electron chi connectivity index (χ0n) is 16.9. The molecule has 3 heterocycles. The SMILES string of the molecule is CCC(=O)Oc1ccc(-c2c(C)nc3ccc(C(=O)N4CCCCC4)cn23)cc1. The van der Waals surface area contributed by atoms with Crippen molar-refractivity contribution in [1.82, 2.24) is 14.3 Å². The molecule has 0 saturated carbocycles. The van der Waals surface area contributed by atoms with Gasteiger partial charge in [-0.05, 0) is 62.6 Å². The lowest BCUT2D eigenvalue weighted by Crippen LogP contribution is -2.35. The van der Waals surface area contributed by atoms with Gasteiger partial charge in [0.05, 0.1) is 17.0 Å². The number of piperidine rings is 1. The monoisotopic (exact) mass is 391 g/mol. The van der Waals surface area contributed by atoms with Crippen LogP contribution in [0.2, 0.25) is 0 Å². The van der Waals surface area contributed by atoms with E-state index < -0.39 is 0 Å². The van der Waals surface area contributed by atoms with Gasteiger partial charge in [0, 0.05) is 31.3 Å². The fourth-order valence-electron chi connectivity index (χ4n) is 3.80. The van der Waals surface area contributed by atoms with Crippen LogP contribution in [0, 0.1) is 6.92 Å². The highest BCUT2D eigenvalue weighted by Gasteiger charge is 2.20. The Kier molecular flexibility index (Phi) is 5.34. The van der Waals surface area contributed by atoms with Crippen LogP contribution < -0.4 is 4.74 Å².